The summed E-state index contributed by atoms with van der Waals surface area (Å²) in [7, 11) is 0. The predicted molar refractivity (Wildman–Crippen MR) is 66.6 cm³/mol. The first-order valence-electron chi connectivity index (χ1n) is 5.36. The molecule has 1 heterocycles. The normalized spacial score (nSPS) is 11.4. The highest BCUT2D eigenvalue weighted by Gasteiger charge is 2.30. The van der Waals surface area contributed by atoms with Gasteiger partial charge in [0.2, 0.25) is 0 Å². The lowest BCUT2D eigenvalue weighted by Crippen LogP contribution is -2.04. The van der Waals surface area contributed by atoms with Crippen LogP contribution in [0.2, 0.25) is 5.02 Å². The van der Waals surface area contributed by atoms with Crippen LogP contribution in [0.4, 0.5) is 13.2 Å². The quantitative estimate of drug-likeness (QED) is 0.907. The molecule has 2 rings (SSSR count). The number of rotatable bonds is 2. The van der Waals surface area contributed by atoms with Crippen LogP contribution >= 0.6 is 11.6 Å². The number of aromatic carboxylic acids is 1. The number of halogens is 4. The van der Waals surface area contributed by atoms with E-state index in [2.05, 4.69) is 4.98 Å². The van der Waals surface area contributed by atoms with E-state index in [0.717, 1.165) is 12.1 Å². The Morgan fingerprint density at radius 1 is 1.15 bits per heavy atom. The molecule has 3 nitrogen and oxygen atoms in total. The fourth-order valence-electron chi connectivity index (χ4n) is 1.63. The molecule has 0 aliphatic rings. The van der Waals surface area contributed by atoms with Crippen molar-refractivity contribution in [2.75, 3.05) is 0 Å². The molecule has 2 aromatic rings. The van der Waals surface area contributed by atoms with Gasteiger partial charge >= 0.3 is 12.1 Å². The number of carboxylic acid groups (broad SMARTS) is 1. The Balaban J connectivity index is 2.48. The van der Waals surface area contributed by atoms with Crippen LogP contribution < -0.4 is 0 Å². The number of pyridine rings is 1. The van der Waals surface area contributed by atoms with Crippen LogP contribution in [0.25, 0.3) is 11.3 Å². The maximum Gasteiger partial charge on any atom is 0.416 e. The molecule has 0 bridgehead atoms. The van der Waals surface area contributed by atoms with Crippen molar-refractivity contribution in [2.45, 2.75) is 6.18 Å². The monoisotopic (exact) mass is 301 g/mol. The summed E-state index contributed by atoms with van der Waals surface area (Å²) in [4.78, 5) is 14.8. The van der Waals surface area contributed by atoms with Gasteiger partial charge in [0.25, 0.3) is 0 Å². The molecule has 0 spiro atoms. The Morgan fingerprint density at radius 3 is 2.25 bits per heavy atom. The Morgan fingerprint density at radius 2 is 1.75 bits per heavy atom. The van der Waals surface area contributed by atoms with E-state index < -0.39 is 17.7 Å². The molecule has 0 saturated carbocycles. The van der Waals surface area contributed by atoms with Gasteiger partial charge in [-0.25, -0.2) is 4.79 Å². The second kappa shape index (κ2) is 5.13. The van der Waals surface area contributed by atoms with Gasteiger partial charge in [0.1, 0.15) is 0 Å². The Bertz CT molecular complexity index is 654. The van der Waals surface area contributed by atoms with E-state index in [9.17, 15) is 18.0 Å². The first kappa shape index (κ1) is 14.3. The average molecular weight is 302 g/mol. The molecule has 1 aromatic heterocycles. The van der Waals surface area contributed by atoms with Crippen molar-refractivity contribution in [3.05, 3.63) is 52.7 Å². The lowest BCUT2D eigenvalue weighted by Gasteiger charge is -2.09. The number of aromatic nitrogens is 1. The SMILES string of the molecule is O=C(O)c1ccnc(-c2ccc(C(F)(F)F)cc2)c1Cl. The van der Waals surface area contributed by atoms with Crippen molar-refractivity contribution in [1.29, 1.82) is 0 Å². The Labute approximate surface area is 116 Å². The smallest absolute Gasteiger partial charge is 0.416 e. The lowest BCUT2D eigenvalue weighted by atomic mass is 10.1. The van der Waals surface area contributed by atoms with Gasteiger partial charge in [0.15, 0.2) is 0 Å². The van der Waals surface area contributed by atoms with E-state index in [1.807, 2.05) is 0 Å². The van der Waals surface area contributed by atoms with Gasteiger partial charge in [-0.1, -0.05) is 23.7 Å². The molecule has 0 fully saturated rings. The van der Waals surface area contributed by atoms with Gasteiger partial charge in [-0.15, -0.1) is 0 Å². The summed E-state index contributed by atoms with van der Waals surface area (Å²) in [6, 6.07) is 5.39. The van der Waals surface area contributed by atoms with E-state index >= 15 is 0 Å². The minimum Gasteiger partial charge on any atom is -0.478 e. The van der Waals surface area contributed by atoms with Crippen LogP contribution in [0, 0.1) is 0 Å². The number of carbonyl (C=O) groups is 1. The molecule has 0 amide bonds. The summed E-state index contributed by atoms with van der Waals surface area (Å²) >= 11 is 5.90. The topological polar surface area (TPSA) is 50.2 Å². The summed E-state index contributed by atoms with van der Waals surface area (Å²) in [5.74, 6) is -1.23. The lowest BCUT2D eigenvalue weighted by molar-refractivity contribution is -0.137. The molecule has 0 atom stereocenters. The number of hydrogen-bond donors (Lipinski definition) is 1. The molecule has 7 heteroatoms. The van der Waals surface area contributed by atoms with Crippen molar-refractivity contribution in [3.63, 3.8) is 0 Å². The van der Waals surface area contributed by atoms with E-state index in [4.69, 9.17) is 16.7 Å². The third-order valence-corrected chi connectivity index (χ3v) is 2.99. The average Bonchev–Trinajstić information content (AvgIpc) is 2.38. The second-order valence-electron chi connectivity index (χ2n) is 3.90. The van der Waals surface area contributed by atoms with Gasteiger partial charge in [0.05, 0.1) is 21.8 Å². The molecule has 20 heavy (non-hydrogen) atoms. The van der Waals surface area contributed by atoms with Crippen molar-refractivity contribution in [1.82, 2.24) is 4.98 Å². The highest BCUT2D eigenvalue weighted by atomic mass is 35.5. The zero-order valence-corrected chi connectivity index (χ0v) is 10.5. The number of benzene rings is 1. The number of hydrogen-bond acceptors (Lipinski definition) is 2. The third kappa shape index (κ3) is 2.75. The van der Waals surface area contributed by atoms with Gasteiger partial charge < -0.3 is 5.11 Å². The third-order valence-electron chi connectivity index (χ3n) is 2.61. The Kier molecular flexibility index (Phi) is 3.67. The van der Waals surface area contributed by atoms with Crippen LogP contribution in [0.15, 0.2) is 36.5 Å². The standard InChI is InChI=1S/C13H7ClF3NO2/c14-10-9(12(19)20)5-6-18-11(10)7-1-3-8(4-2-7)13(15,16)17/h1-6H,(H,19,20). The summed E-state index contributed by atoms with van der Waals surface area (Å²) < 4.78 is 37.4. The molecular weight excluding hydrogens is 295 g/mol. The van der Waals surface area contributed by atoms with Crippen LogP contribution in [0.1, 0.15) is 15.9 Å². The van der Waals surface area contributed by atoms with E-state index in [-0.39, 0.29) is 16.3 Å². The summed E-state index contributed by atoms with van der Waals surface area (Å²) in [6.07, 6.45) is -3.19. The van der Waals surface area contributed by atoms with Crippen LogP contribution in [0.5, 0.6) is 0 Å². The highest BCUT2D eigenvalue weighted by Crippen LogP contribution is 2.33. The molecule has 0 aliphatic heterocycles. The molecule has 0 unspecified atom stereocenters. The van der Waals surface area contributed by atoms with Crippen LogP contribution in [0.3, 0.4) is 0 Å². The summed E-state index contributed by atoms with van der Waals surface area (Å²) in [5.41, 5.74) is -0.519. The molecule has 0 radical (unpaired) electrons. The molecule has 0 aliphatic carbocycles. The number of carboxylic acids is 1. The zero-order valence-electron chi connectivity index (χ0n) is 9.78. The molecular formula is C13H7ClF3NO2. The molecule has 1 N–H and O–H groups in total. The van der Waals surface area contributed by atoms with Crippen LogP contribution in [-0.2, 0) is 6.18 Å². The first-order valence-corrected chi connectivity index (χ1v) is 5.74. The van der Waals surface area contributed by atoms with E-state index in [0.29, 0.717) is 5.56 Å². The van der Waals surface area contributed by atoms with Gasteiger partial charge in [-0.2, -0.15) is 13.2 Å². The predicted octanol–water partition coefficient (Wildman–Crippen LogP) is 4.12. The van der Waals surface area contributed by atoms with Gasteiger partial charge in [-0.05, 0) is 18.2 Å². The molecule has 1 aromatic carbocycles. The minimum atomic E-state index is -4.43. The largest absolute Gasteiger partial charge is 0.478 e. The van der Waals surface area contributed by atoms with Crippen molar-refractivity contribution in [3.8, 4) is 11.3 Å². The van der Waals surface area contributed by atoms with Crippen molar-refractivity contribution < 1.29 is 23.1 Å². The molecule has 104 valence electrons. The Hall–Kier alpha value is -2.08. The second-order valence-corrected chi connectivity index (χ2v) is 4.28. The summed E-state index contributed by atoms with van der Waals surface area (Å²) in [5, 5.41) is 8.82. The maximum absolute atomic E-state index is 12.5. The zero-order chi connectivity index (χ0) is 14.9. The van der Waals surface area contributed by atoms with Crippen LogP contribution in [-0.4, -0.2) is 16.1 Å². The molecule has 0 saturated heterocycles. The first-order chi connectivity index (χ1) is 9.30. The van der Waals surface area contributed by atoms with E-state index in [1.54, 1.807) is 0 Å². The minimum absolute atomic E-state index is 0.111. The highest BCUT2D eigenvalue weighted by molar-refractivity contribution is 6.35. The fourth-order valence-corrected chi connectivity index (χ4v) is 1.93. The van der Waals surface area contributed by atoms with E-state index in [1.165, 1.54) is 24.4 Å². The van der Waals surface area contributed by atoms with Gasteiger partial charge in [0, 0.05) is 11.8 Å². The number of nitrogens with zero attached hydrogens (tertiary/aromatic N) is 1. The van der Waals surface area contributed by atoms with Crippen molar-refractivity contribution >= 4 is 17.6 Å². The number of alkyl halides is 3. The van der Waals surface area contributed by atoms with Crippen molar-refractivity contribution in [2.24, 2.45) is 0 Å². The summed E-state index contributed by atoms with van der Waals surface area (Å²) in [6.45, 7) is 0. The van der Waals surface area contributed by atoms with Gasteiger partial charge in [-0.3, -0.25) is 4.98 Å². The maximum atomic E-state index is 12.5. The fraction of sp³-hybridized carbons (Fsp3) is 0.0769.